The molecule has 0 aromatic heterocycles. The molecule has 1 aromatic carbocycles. The molecule has 186 valence electrons. The summed E-state index contributed by atoms with van der Waals surface area (Å²) < 4.78 is 30.7. The molecule has 0 atom stereocenters. The predicted molar refractivity (Wildman–Crippen MR) is 132 cm³/mol. The molecule has 0 spiro atoms. The largest absolute Gasteiger partial charge is 0.378 e. The van der Waals surface area contributed by atoms with E-state index in [1.54, 1.807) is 0 Å². The number of rotatable bonds is 8. The van der Waals surface area contributed by atoms with Crippen molar-refractivity contribution in [3.8, 4) is 0 Å². The van der Waals surface area contributed by atoms with Crippen LogP contribution in [0.4, 0.5) is 4.79 Å². The van der Waals surface area contributed by atoms with Crippen molar-refractivity contribution in [1.29, 1.82) is 0 Å². The summed E-state index contributed by atoms with van der Waals surface area (Å²) >= 11 is 0. The van der Waals surface area contributed by atoms with E-state index in [1.165, 1.54) is 0 Å². The zero-order valence-corrected chi connectivity index (χ0v) is 20.9. The number of unbranched alkanes of at least 4 members (excludes halogenated alkanes) is 2. The van der Waals surface area contributed by atoms with Gasteiger partial charge in [-0.15, -0.1) is 0 Å². The minimum absolute atomic E-state index is 0.0559. The number of morpholine rings is 1. The molecule has 3 amide bonds. The van der Waals surface area contributed by atoms with E-state index >= 15 is 0 Å². The van der Waals surface area contributed by atoms with E-state index in [4.69, 9.17) is 4.74 Å². The Kier molecular flexibility index (Phi) is 9.29. The Hall–Kier alpha value is -2.65. The predicted octanol–water partition coefficient (Wildman–Crippen LogP) is 3.53. The highest BCUT2D eigenvalue weighted by Gasteiger charge is 2.31. The zero-order valence-electron chi connectivity index (χ0n) is 20.1. The van der Waals surface area contributed by atoms with Gasteiger partial charge in [-0.25, -0.2) is 17.5 Å². The topological polar surface area (TPSA) is 96.0 Å². The molecule has 1 aliphatic carbocycles. The van der Waals surface area contributed by atoms with Gasteiger partial charge in [-0.05, 0) is 42.9 Å². The number of allylic oxidation sites excluding steroid dienone is 1. The van der Waals surface area contributed by atoms with E-state index in [0.29, 0.717) is 44.7 Å². The molecule has 0 unspecified atom stereocenters. The lowest BCUT2D eigenvalue weighted by molar-refractivity contribution is -0.117. The van der Waals surface area contributed by atoms with Crippen molar-refractivity contribution in [2.24, 2.45) is 0 Å². The second-order valence-electron chi connectivity index (χ2n) is 8.66. The number of ether oxygens (including phenoxy) is 1. The Labute approximate surface area is 202 Å². The summed E-state index contributed by atoms with van der Waals surface area (Å²) in [6.45, 7) is 4.49. The van der Waals surface area contributed by atoms with Crippen molar-refractivity contribution in [2.45, 2.75) is 45.4 Å². The van der Waals surface area contributed by atoms with Gasteiger partial charge < -0.3 is 9.64 Å². The Balaban J connectivity index is 1.91. The molecule has 1 heterocycles. The number of sulfonamides is 1. The fourth-order valence-corrected chi connectivity index (χ4v) is 5.15. The van der Waals surface area contributed by atoms with Gasteiger partial charge in [-0.3, -0.25) is 10.1 Å². The van der Waals surface area contributed by atoms with E-state index in [1.807, 2.05) is 37.3 Å². The summed E-state index contributed by atoms with van der Waals surface area (Å²) in [5, 5.41) is 2.36. The second kappa shape index (κ2) is 12.2. The number of carbonyl (C=O) groups excluding carboxylic acids is 2. The molecular formula is C25H35N3O5S. The Bertz CT molecular complexity index is 1030. The van der Waals surface area contributed by atoms with Crippen LogP contribution in [0.25, 0.3) is 6.08 Å². The highest BCUT2D eigenvalue weighted by Crippen LogP contribution is 2.34. The molecule has 0 bridgehead atoms. The number of hydrogen-bond donors (Lipinski definition) is 1. The van der Waals surface area contributed by atoms with Gasteiger partial charge in [0.15, 0.2) is 0 Å². The van der Waals surface area contributed by atoms with Crippen LogP contribution >= 0.6 is 0 Å². The molecule has 1 aromatic rings. The average molecular weight is 490 g/mol. The van der Waals surface area contributed by atoms with Crippen LogP contribution in [0.1, 0.15) is 51.0 Å². The number of benzene rings is 1. The van der Waals surface area contributed by atoms with Crippen molar-refractivity contribution < 1.29 is 22.7 Å². The summed E-state index contributed by atoms with van der Waals surface area (Å²) in [5.74, 6) is -0.533. The normalized spacial score (nSPS) is 18.2. The van der Waals surface area contributed by atoms with Crippen molar-refractivity contribution in [3.63, 3.8) is 0 Å². The zero-order chi connectivity index (χ0) is 24.6. The van der Waals surface area contributed by atoms with Gasteiger partial charge in [-0.2, -0.15) is 0 Å². The molecule has 0 saturated carbocycles. The van der Waals surface area contributed by atoms with Gasteiger partial charge in [0.2, 0.25) is 10.0 Å². The number of imide groups is 1. The first kappa shape index (κ1) is 26.0. The molecule has 1 N–H and O–H groups in total. The second-order valence-corrected chi connectivity index (χ2v) is 10.6. The molecule has 1 fully saturated rings. The first-order chi connectivity index (χ1) is 16.3. The van der Waals surface area contributed by atoms with Gasteiger partial charge in [-0.1, -0.05) is 50.1 Å². The molecular weight excluding hydrogens is 454 g/mol. The summed E-state index contributed by atoms with van der Waals surface area (Å²) in [7, 11) is -3.79. The number of nitrogens with one attached hydrogen (secondary N) is 1. The first-order valence-electron chi connectivity index (χ1n) is 12.0. The van der Waals surface area contributed by atoms with E-state index < -0.39 is 22.0 Å². The Morgan fingerprint density at radius 3 is 2.47 bits per heavy atom. The Morgan fingerprint density at radius 1 is 1.12 bits per heavy atom. The van der Waals surface area contributed by atoms with Crippen molar-refractivity contribution in [1.82, 2.24) is 14.5 Å². The molecule has 0 radical (unpaired) electrons. The first-order valence-corrected chi connectivity index (χ1v) is 13.8. The summed E-state index contributed by atoms with van der Waals surface area (Å²) in [6.07, 6.45) is 7.44. The smallest absolute Gasteiger partial charge is 0.337 e. The summed E-state index contributed by atoms with van der Waals surface area (Å²) in [4.78, 5) is 28.3. The lowest BCUT2D eigenvalue weighted by Crippen LogP contribution is -2.47. The van der Waals surface area contributed by atoms with E-state index in [0.717, 1.165) is 53.1 Å². The van der Waals surface area contributed by atoms with Gasteiger partial charge in [0.05, 0.1) is 19.5 Å². The molecule has 3 rings (SSSR count). The van der Waals surface area contributed by atoms with Gasteiger partial charge in [0, 0.05) is 30.9 Å². The third-order valence-corrected chi connectivity index (χ3v) is 7.17. The van der Waals surface area contributed by atoms with Crippen LogP contribution in [0.15, 0.2) is 47.2 Å². The lowest BCUT2D eigenvalue weighted by Gasteiger charge is -2.36. The number of amides is 3. The van der Waals surface area contributed by atoms with Crippen LogP contribution < -0.4 is 5.32 Å². The van der Waals surface area contributed by atoms with Gasteiger partial charge in [0.1, 0.15) is 0 Å². The van der Waals surface area contributed by atoms with Crippen molar-refractivity contribution in [2.75, 3.05) is 39.1 Å². The van der Waals surface area contributed by atoms with Crippen LogP contribution in [0, 0.1) is 0 Å². The van der Waals surface area contributed by atoms with Crippen molar-refractivity contribution >= 4 is 28.0 Å². The molecule has 1 saturated heterocycles. The van der Waals surface area contributed by atoms with E-state index in [2.05, 4.69) is 16.3 Å². The third-order valence-electron chi connectivity index (χ3n) is 6.02. The lowest BCUT2D eigenvalue weighted by atomic mass is 9.88. The Morgan fingerprint density at radius 2 is 1.82 bits per heavy atom. The monoisotopic (exact) mass is 489 g/mol. The van der Waals surface area contributed by atoms with E-state index in [9.17, 15) is 18.0 Å². The highest BCUT2D eigenvalue weighted by molar-refractivity contribution is 7.88. The SMILES string of the molecule is CCCCCN(C(=O)NC(=O)C1=C(N2CCOCC2)/C(=C/c2ccccc2)CCC1)S(C)(=O)=O. The molecule has 8 nitrogen and oxygen atoms in total. The summed E-state index contributed by atoms with van der Waals surface area (Å²) in [6, 6.07) is 9.04. The number of hydrogen-bond acceptors (Lipinski definition) is 6. The molecule has 9 heteroatoms. The standard InChI is InChI=1S/C25H35N3O5S/c1-3-4-8-14-28(34(2,31)32)25(30)26-24(29)22-13-9-12-21(19-20-10-6-5-7-11-20)23(22)27-15-17-33-18-16-27/h5-7,10-11,19H,3-4,8-9,12-18H2,1-2H3,(H,26,29,30)/b21-19+. The van der Waals surface area contributed by atoms with Crippen LogP contribution in [0.5, 0.6) is 0 Å². The number of carbonyl (C=O) groups is 2. The maximum absolute atomic E-state index is 13.3. The minimum atomic E-state index is -3.79. The maximum atomic E-state index is 13.3. The molecule has 2 aliphatic rings. The number of urea groups is 1. The van der Waals surface area contributed by atoms with Crippen LogP contribution in [-0.4, -0.2) is 68.7 Å². The fourth-order valence-electron chi connectivity index (χ4n) is 4.34. The maximum Gasteiger partial charge on any atom is 0.337 e. The fraction of sp³-hybridized carbons (Fsp3) is 0.520. The average Bonchev–Trinajstić information content (AvgIpc) is 2.82. The molecule has 1 aliphatic heterocycles. The minimum Gasteiger partial charge on any atom is -0.378 e. The van der Waals surface area contributed by atoms with Crippen molar-refractivity contribution in [3.05, 3.63) is 52.7 Å². The highest BCUT2D eigenvalue weighted by atomic mass is 32.2. The van der Waals surface area contributed by atoms with Gasteiger partial charge in [0.25, 0.3) is 5.91 Å². The molecule has 34 heavy (non-hydrogen) atoms. The van der Waals surface area contributed by atoms with Crippen LogP contribution in [-0.2, 0) is 19.6 Å². The van der Waals surface area contributed by atoms with Crippen LogP contribution in [0.2, 0.25) is 0 Å². The van der Waals surface area contributed by atoms with Gasteiger partial charge >= 0.3 is 6.03 Å². The van der Waals surface area contributed by atoms with E-state index in [-0.39, 0.29) is 6.54 Å². The summed E-state index contributed by atoms with van der Waals surface area (Å²) in [5.41, 5.74) is 3.44. The third kappa shape index (κ3) is 6.93. The van der Waals surface area contributed by atoms with Crippen LogP contribution in [0.3, 0.4) is 0 Å². The quantitative estimate of drug-likeness (QED) is 0.561. The number of nitrogens with zero attached hydrogens (tertiary/aromatic N) is 2.